The van der Waals surface area contributed by atoms with Crippen molar-refractivity contribution in [2.45, 2.75) is 65.2 Å². The fourth-order valence-electron chi connectivity index (χ4n) is 1.86. The molecule has 0 rings (SSSR count). The first-order valence-corrected chi connectivity index (χ1v) is 6.76. The van der Waals surface area contributed by atoms with Crippen molar-refractivity contribution in [2.24, 2.45) is 5.73 Å². The van der Waals surface area contributed by atoms with Gasteiger partial charge in [0.25, 0.3) is 0 Å². The maximum Gasteiger partial charge on any atom is 0.314 e. The van der Waals surface area contributed by atoms with E-state index in [0.29, 0.717) is 0 Å². The molecule has 2 N–H and O–H groups in total. The van der Waals surface area contributed by atoms with Crippen LogP contribution in [0.15, 0.2) is 0 Å². The predicted molar refractivity (Wildman–Crippen MR) is 69.4 cm³/mol. The van der Waals surface area contributed by atoms with Crippen LogP contribution in [0, 0.1) is 0 Å². The van der Waals surface area contributed by atoms with Gasteiger partial charge in [-0.1, -0.05) is 51.9 Å². The predicted octanol–water partition coefficient (Wildman–Crippen LogP) is 3.53. The summed E-state index contributed by atoms with van der Waals surface area (Å²) in [6, 6.07) is -0.287. The van der Waals surface area contributed by atoms with Gasteiger partial charge in [0.1, 0.15) is 0 Å². The molecular formula is C13H28N2O. The van der Waals surface area contributed by atoms with Gasteiger partial charge in [0, 0.05) is 13.1 Å². The Labute approximate surface area is 100 Å². The summed E-state index contributed by atoms with van der Waals surface area (Å²) in [7, 11) is 0. The minimum absolute atomic E-state index is 0.287. The van der Waals surface area contributed by atoms with Crippen molar-refractivity contribution in [3.05, 3.63) is 0 Å². The molecule has 0 aromatic rings. The maximum absolute atomic E-state index is 10.9. The number of carbonyl (C=O) groups is 1. The summed E-state index contributed by atoms with van der Waals surface area (Å²) in [5, 5.41) is 0. The molecule has 3 heteroatoms. The SMILES string of the molecule is CCCCCCCCCCN(CC)C(N)=O. The number of unbranched alkanes of at least 4 members (excludes halogenated alkanes) is 7. The quantitative estimate of drug-likeness (QED) is 0.571. The number of hydrogen-bond acceptors (Lipinski definition) is 1. The lowest BCUT2D eigenvalue weighted by Crippen LogP contribution is -2.36. The third kappa shape index (κ3) is 8.57. The Hall–Kier alpha value is -0.730. The fraction of sp³-hybridized carbons (Fsp3) is 0.923. The Morgan fingerprint density at radius 3 is 1.88 bits per heavy atom. The summed E-state index contributed by atoms with van der Waals surface area (Å²) in [6.45, 7) is 5.76. The van der Waals surface area contributed by atoms with Crippen molar-refractivity contribution >= 4 is 6.03 Å². The minimum Gasteiger partial charge on any atom is -0.351 e. The minimum atomic E-state index is -0.287. The van der Waals surface area contributed by atoms with Crippen LogP contribution >= 0.6 is 0 Å². The molecule has 0 saturated carbocycles. The van der Waals surface area contributed by atoms with Crippen LogP contribution in [0.4, 0.5) is 4.79 Å². The standard InChI is InChI=1S/C13H28N2O/c1-3-5-6-7-8-9-10-11-12-15(4-2)13(14)16/h3-12H2,1-2H3,(H2,14,16). The van der Waals surface area contributed by atoms with Gasteiger partial charge in [-0.3, -0.25) is 0 Å². The van der Waals surface area contributed by atoms with Crippen LogP contribution in [0.25, 0.3) is 0 Å². The van der Waals surface area contributed by atoms with Crippen molar-refractivity contribution in [1.82, 2.24) is 4.90 Å². The van der Waals surface area contributed by atoms with Crippen molar-refractivity contribution in [3.8, 4) is 0 Å². The zero-order valence-electron chi connectivity index (χ0n) is 11.0. The number of hydrogen-bond donors (Lipinski definition) is 1. The van der Waals surface area contributed by atoms with Gasteiger partial charge < -0.3 is 10.6 Å². The van der Waals surface area contributed by atoms with Crippen molar-refractivity contribution < 1.29 is 4.79 Å². The molecule has 0 bridgehead atoms. The van der Waals surface area contributed by atoms with Crippen LogP contribution in [-0.2, 0) is 0 Å². The summed E-state index contributed by atoms with van der Waals surface area (Å²) in [5.41, 5.74) is 5.23. The smallest absolute Gasteiger partial charge is 0.314 e. The van der Waals surface area contributed by atoms with Gasteiger partial charge in [-0.15, -0.1) is 0 Å². The van der Waals surface area contributed by atoms with Gasteiger partial charge in [0.15, 0.2) is 0 Å². The molecule has 0 atom stereocenters. The van der Waals surface area contributed by atoms with Crippen molar-refractivity contribution in [2.75, 3.05) is 13.1 Å². The van der Waals surface area contributed by atoms with E-state index in [9.17, 15) is 4.79 Å². The molecule has 0 heterocycles. The highest BCUT2D eigenvalue weighted by atomic mass is 16.2. The van der Waals surface area contributed by atoms with E-state index in [1.807, 2.05) is 6.92 Å². The summed E-state index contributed by atoms with van der Waals surface area (Å²) in [6.07, 6.45) is 10.3. The Bertz CT molecular complexity index is 171. The van der Waals surface area contributed by atoms with Gasteiger partial charge >= 0.3 is 6.03 Å². The van der Waals surface area contributed by atoms with Gasteiger partial charge in [0.05, 0.1) is 0 Å². The Morgan fingerprint density at radius 1 is 0.938 bits per heavy atom. The molecule has 96 valence electrons. The number of rotatable bonds is 10. The van der Waals surface area contributed by atoms with Crippen LogP contribution in [0.5, 0.6) is 0 Å². The van der Waals surface area contributed by atoms with Crippen LogP contribution in [0.3, 0.4) is 0 Å². The molecule has 0 aliphatic rings. The second-order valence-electron chi connectivity index (χ2n) is 4.39. The molecule has 0 saturated heterocycles. The van der Waals surface area contributed by atoms with E-state index in [1.54, 1.807) is 4.90 Å². The first-order chi connectivity index (χ1) is 7.72. The lowest BCUT2D eigenvalue weighted by atomic mass is 10.1. The summed E-state index contributed by atoms with van der Waals surface area (Å²) in [5.74, 6) is 0. The lowest BCUT2D eigenvalue weighted by molar-refractivity contribution is 0.209. The number of primary amides is 1. The summed E-state index contributed by atoms with van der Waals surface area (Å²) in [4.78, 5) is 12.6. The molecule has 2 amide bonds. The molecule has 0 aromatic carbocycles. The number of carbonyl (C=O) groups excluding carboxylic acids is 1. The maximum atomic E-state index is 10.9. The van der Waals surface area contributed by atoms with Crippen molar-refractivity contribution in [1.29, 1.82) is 0 Å². The van der Waals surface area contributed by atoms with E-state index >= 15 is 0 Å². The largest absolute Gasteiger partial charge is 0.351 e. The number of nitrogens with zero attached hydrogens (tertiary/aromatic N) is 1. The van der Waals surface area contributed by atoms with E-state index < -0.39 is 0 Å². The normalized spacial score (nSPS) is 10.4. The average Bonchev–Trinajstić information content (AvgIpc) is 2.26. The van der Waals surface area contributed by atoms with E-state index in [0.717, 1.165) is 19.5 Å². The number of urea groups is 1. The highest BCUT2D eigenvalue weighted by Gasteiger charge is 2.04. The second-order valence-corrected chi connectivity index (χ2v) is 4.39. The van der Waals surface area contributed by atoms with Crippen LogP contribution in [-0.4, -0.2) is 24.0 Å². The van der Waals surface area contributed by atoms with Crippen LogP contribution in [0.2, 0.25) is 0 Å². The number of nitrogens with two attached hydrogens (primary N) is 1. The van der Waals surface area contributed by atoms with E-state index in [2.05, 4.69) is 6.92 Å². The molecule has 0 aliphatic heterocycles. The van der Waals surface area contributed by atoms with Crippen molar-refractivity contribution in [3.63, 3.8) is 0 Å². The van der Waals surface area contributed by atoms with E-state index in [4.69, 9.17) is 5.73 Å². The van der Waals surface area contributed by atoms with Gasteiger partial charge in [0.2, 0.25) is 0 Å². The monoisotopic (exact) mass is 228 g/mol. The Balaban J connectivity index is 3.22. The van der Waals surface area contributed by atoms with Crippen LogP contribution < -0.4 is 5.73 Å². The molecule has 0 aromatic heterocycles. The Kier molecular flexibility index (Phi) is 10.3. The lowest BCUT2D eigenvalue weighted by Gasteiger charge is -2.17. The zero-order chi connectivity index (χ0) is 12.2. The van der Waals surface area contributed by atoms with Gasteiger partial charge in [-0.25, -0.2) is 4.79 Å². The molecule has 0 fully saturated rings. The highest BCUT2D eigenvalue weighted by Crippen LogP contribution is 2.08. The summed E-state index contributed by atoms with van der Waals surface area (Å²) < 4.78 is 0. The molecule has 0 radical (unpaired) electrons. The Morgan fingerprint density at radius 2 is 1.44 bits per heavy atom. The van der Waals surface area contributed by atoms with Crippen LogP contribution in [0.1, 0.15) is 65.2 Å². The molecule has 0 unspecified atom stereocenters. The van der Waals surface area contributed by atoms with Gasteiger partial charge in [-0.05, 0) is 13.3 Å². The second kappa shape index (κ2) is 10.8. The van der Waals surface area contributed by atoms with E-state index in [-0.39, 0.29) is 6.03 Å². The molecule has 16 heavy (non-hydrogen) atoms. The van der Waals surface area contributed by atoms with E-state index in [1.165, 1.54) is 44.9 Å². The first kappa shape index (κ1) is 15.3. The molecular weight excluding hydrogens is 200 g/mol. The topological polar surface area (TPSA) is 46.3 Å². The molecule has 0 spiro atoms. The zero-order valence-corrected chi connectivity index (χ0v) is 11.0. The fourth-order valence-corrected chi connectivity index (χ4v) is 1.86. The first-order valence-electron chi connectivity index (χ1n) is 6.76. The summed E-state index contributed by atoms with van der Waals surface area (Å²) >= 11 is 0. The molecule has 3 nitrogen and oxygen atoms in total. The highest BCUT2D eigenvalue weighted by molar-refractivity contribution is 5.71. The third-order valence-corrected chi connectivity index (χ3v) is 2.97. The van der Waals surface area contributed by atoms with Gasteiger partial charge in [-0.2, -0.15) is 0 Å². The average molecular weight is 228 g/mol. The number of amides is 2. The third-order valence-electron chi connectivity index (χ3n) is 2.97. The molecule has 0 aliphatic carbocycles.